The third-order valence-electron chi connectivity index (χ3n) is 19.1. The number of carbonyl (C=O) groups is 4. The van der Waals surface area contributed by atoms with Crippen molar-refractivity contribution in [3.63, 3.8) is 0 Å². The number of anilines is 3. The Morgan fingerprint density at radius 2 is 0.643 bits per heavy atom. The van der Waals surface area contributed by atoms with Crippen LogP contribution in [0, 0.1) is 42.7 Å². The molecule has 0 amide bonds. The molecular weight excluding hydrogens is 1620 g/mol. The Labute approximate surface area is 723 Å². The van der Waals surface area contributed by atoms with Crippen LogP contribution in [0.5, 0.6) is 17.2 Å². The van der Waals surface area contributed by atoms with Gasteiger partial charge in [0.05, 0.1) is 143 Å². The number of benzene rings is 10. The first-order valence-electron chi connectivity index (χ1n) is 40.2. The molecule has 0 saturated carbocycles. The molecule has 2 aromatic heterocycles. The zero-order chi connectivity index (χ0) is 88.0. The van der Waals surface area contributed by atoms with Crippen LogP contribution in [0.3, 0.4) is 0 Å². The molecule has 0 unspecified atom stereocenters. The topological polar surface area (TPSA) is 408 Å². The Morgan fingerprint density at radius 1 is 0.357 bits per heavy atom. The van der Waals surface area contributed by atoms with E-state index in [0.29, 0.717) is 127 Å². The van der Waals surface area contributed by atoms with Crippen molar-refractivity contribution >= 4 is 92.1 Å². The molecule has 0 saturated heterocycles. The molecule has 0 aliphatic rings. The summed E-state index contributed by atoms with van der Waals surface area (Å²) in [6.07, 6.45) is 11.8. The molecule has 0 atom stereocenters. The summed E-state index contributed by atoms with van der Waals surface area (Å²) in [4.78, 5) is 91.1. The summed E-state index contributed by atoms with van der Waals surface area (Å²) in [5.41, 5.74) is 6.76. The molecule has 0 aliphatic carbocycles. The SMILES string of the molecule is C#CCCCOc1cc([N+](=O)[O-])ccc1N=Nc1ccc(N(CCn2cc(CCCOc3cc([N+](=O)[O-])ccc3N=Nc3ccc(N(CCOC(=O)c4ccccc4)CCOC(=O)c4ccccc4)cc3)nn2)CCn2cc(CCCOc3cc([N+](=O)[O-])ccc3N=Nc3ccc(N(CCOC(=O)c4ccccc4)CCOC(=O)c4ccccc4)cc3)nn2)cc1. The van der Waals surface area contributed by atoms with E-state index in [9.17, 15) is 49.5 Å². The highest BCUT2D eigenvalue weighted by Crippen LogP contribution is 2.37. The van der Waals surface area contributed by atoms with Gasteiger partial charge < -0.3 is 47.9 Å². The van der Waals surface area contributed by atoms with E-state index < -0.39 is 38.6 Å². The highest BCUT2D eigenvalue weighted by Gasteiger charge is 2.21. The number of unbranched alkanes of at least 4 members (excludes halogenated alkanes) is 1. The minimum absolute atomic E-state index is 0.0389. The van der Waals surface area contributed by atoms with Crippen molar-refractivity contribution in [2.45, 2.75) is 51.6 Å². The summed E-state index contributed by atoms with van der Waals surface area (Å²) >= 11 is 0. The number of nitro benzene ring substituents is 3. The van der Waals surface area contributed by atoms with E-state index in [1.165, 1.54) is 54.6 Å². The zero-order valence-corrected chi connectivity index (χ0v) is 68.2. The number of aryl methyl sites for hydroxylation is 2. The van der Waals surface area contributed by atoms with E-state index in [4.69, 9.17) is 39.6 Å². The smallest absolute Gasteiger partial charge is 0.338 e. The van der Waals surface area contributed by atoms with Gasteiger partial charge in [-0.2, -0.15) is 15.3 Å². The lowest BCUT2D eigenvalue weighted by atomic mass is 10.2. The van der Waals surface area contributed by atoms with Gasteiger partial charge in [-0.1, -0.05) is 83.2 Å². The molecular formula is C91H86N18O17. The fourth-order valence-electron chi connectivity index (χ4n) is 12.5. The average Bonchev–Trinajstić information content (AvgIpc) is 1.16. The number of azo groups is 3. The van der Waals surface area contributed by atoms with Gasteiger partial charge in [-0.3, -0.25) is 39.7 Å². The van der Waals surface area contributed by atoms with E-state index in [2.05, 4.69) is 62.1 Å². The molecule has 10 aromatic carbocycles. The van der Waals surface area contributed by atoms with Gasteiger partial charge in [-0.25, -0.2) is 19.2 Å². The lowest BCUT2D eigenvalue weighted by molar-refractivity contribution is -0.385. The zero-order valence-electron chi connectivity index (χ0n) is 68.2. The maximum absolute atomic E-state index is 12.8. The summed E-state index contributed by atoms with van der Waals surface area (Å²) in [5, 5.41) is 80.0. The van der Waals surface area contributed by atoms with Gasteiger partial charge in [0.15, 0.2) is 17.2 Å². The molecule has 2 heterocycles. The van der Waals surface area contributed by atoms with Crippen LogP contribution in [0.25, 0.3) is 0 Å². The number of rotatable bonds is 48. The number of nitrogens with zero attached hydrogens (tertiary/aromatic N) is 18. The van der Waals surface area contributed by atoms with Crippen LogP contribution in [0.15, 0.2) is 292 Å². The van der Waals surface area contributed by atoms with Crippen LogP contribution in [0.1, 0.15) is 78.5 Å². The molecule has 126 heavy (non-hydrogen) atoms. The standard InChI is InChI=1S/C91H86N18O17/c1-2-3-16-55-120-85-62-79(107(114)115)41-44-82(85)97-92-71-29-35-76(36-30-71)102(47-49-105-65-74(95-100-105)27-17-56-121-86-63-80(108(116)117)42-45-83(86)98-93-72-31-37-77(38-32-72)103(51-58-123-88(110)67-19-8-4-9-20-67)52-59-124-89(111)68-21-10-5-11-22-68)48-50-106-66-75(96-101-106)28-18-57-122-87-64-81(109(118)119)43-46-84(87)99-94-73-33-39-78(40-34-73)104(53-60-125-90(112)69-23-12-6-13-24-69)54-61-126-91(113)70-25-14-7-15-26-70/h1,4-15,19-26,29-46,62-66H,3,16-18,27-28,47-61H2. The summed E-state index contributed by atoms with van der Waals surface area (Å²) in [5.74, 6) is 1.10. The van der Waals surface area contributed by atoms with E-state index in [0.717, 1.165) is 5.69 Å². The molecule has 642 valence electrons. The first-order chi connectivity index (χ1) is 61.5. The molecule has 0 bridgehead atoms. The number of esters is 4. The van der Waals surface area contributed by atoms with Crippen LogP contribution in [-0.4, -0.2) is 154 Å². The number of hydrogen-bond acceptors (Lipinski definition) is 30. The minimum Gasteiger partial charge on any atom is -0.491 e. The van der Waals surface area contributed by atoms with Crippen molar-refractivity contribution in [3.05, 3.63) is 325 Å². The number of nitro groups is 3. The maximum atomic E-state index is 12.8. The lowest BCUT2D eigenvalue weighted by Gasteiger charge is -2.24. The van der Waals surface area contributed by atoms with Crippen molar-refractivity contribution in [1.29, 1.82) is 0 Å². The Kier molecular flexibility index (Phi) is 32.8. The van der Waals surface area contributed by atoms with Crippen LogP contribution < -0.4 is 28.9 Å². The minimum atomic E-state index is -0.530. The largest absolute Gasteiger partial charge is 0.491 e. The van der Waals surface area contributed by atoms with Crippen molar-refractivity contribution in [2.75, 3.05) is 100 Å². The van der Waals surface area contributed by atoms with Crippen LogP contribution >= 0.6 is 0 Å². The Hall–Kier alpha value is -16.3. The molecule has 0 radical (unpaired) electrons. The molecule has 0 N–H and O–H groups in total. The molecule has 12 aromatic rings. The fraction of sp³-hybridized carbons (Fsp3) is 0.231. The second-order valence-electron chi connectivity index (χ2n) is 27.9. The quantitative estimate of drug-likeness (QED) is 0.00650. The monoisotopic (exact) mass is 1700 g/mol. The normalized spacial score (nSPS) is 11.1. The van der Waals surface area contributed by atoms with Crippen molar-refractivity contribution < 1.29 is 67.1 Å². The summed E-state index contributed by atoms with van der Waals surface area (Å²) in [6.45, 7) is 3.33. The Bertz CT molecular complexity index is 5370. The fourth-order valence-corrected chi connectivity index (χ4v) is 12.5. The molecule has 35 nitrogen and oxygen atoms in total. The number of hydrogen-bond donors (Lipinski definition) is 0. The second kappa shape index (κ2) is 46.5. The predicted octanol–water partition coefficient (Wildman–Crippen LogP) is 17.9. The first kappa shape index (κ1) is 89.0. The van der Waals surface area contributed by atoms with E-state index >= 15 is 0 Å². The van der Waals surface area contributed by atoms with E-state index in [1.54, 1.807) is 191 Å². The summed E-state index contributed by atoms with van der Waals surface area (Å²) in [7, 11) is 0. The average molecular weight is 1700 g/mol. The highest BCUT2D eigenvalue weighted by molar-refractivity contribution is 5.91. The number of aromatic nitrogens is 6. The predicted molar refractivity (Wildman–Crippen MR) is 466 cm³/mol. The third kappa shape index (κ3) is 27.4. The molecule has 0 fully saturated rings. The molecule has 35 heteroatoms. The van der Waals surface area contributed by atoms with Gasteiger partial charge in [0.2, 0.25) is 0 Å². The van der Waals surface area contributed by atoms with Gasteiger partial charge in [-0.15, -0.1) is 37.9 Å². The van der Waals surface area contributed by atoms with Gasteiger partial charge in [0.1, 0.15) is 43.5 Å². The van der Waals surface area contributed by atoms with Crippen molar-refractivity contribution in [2.24, 2.45) is 30.7 Å². The summed E-state index contributed by atoms with van der Waals surface area (Å²) in [6, 6.07) is 68.1. The first-order valence-corrected chi connectivity index (χ1v) is 40.2. The van der Waals surface area contributed by atoms with E-state index in [1.807, 2.05) is 34.3 Å². The number of non-ortho nitro benzene ring substituents is 3. The molecule has 12 rings (SSSR count). The van der Waals surface area contributed by atoms with Gasteiger partial charge in [0, 0.05) is 67.2 Å². The Morgan fingerprint density at radius 3 is 0.929 bits per heavy atom. The lowest BCUT2D eigenvalue weighted by Crippen LogP contribution is -2.32. The van der Waals surface area contributed by atoms with Gasteiger partial charge >= 0.3 is 23.9 Å². The van der Waals surface area contributed by atoms with Gasteiger partial charge in [0.25, 0.3) is 17.1 Å². The van der Waals surface area contributed by atoms with E-state index in [-0.39, 0.29) is 124 Å². The molecule has 0 aliphatic heterocycles. The van der Waals surface area contributed by atoms with Crippen LogP contribution in [0.2, 0.25) is 0 Å². The molecule has 0 spiro atoms. The highest BCUT2D eigenvalue weighted by atomic mass is 16.6. The van der Waals surface area contributed by atoms with Gasteiger partial charge in [-0.05, 0) is 172 Å². The third-order valence-corrected chi connectivity index (χ3v) is 19.1. The van der Waals surface area contributed by atoms with Crippen molar-refractivity contribution in [3.8, 4) is 29.6 Å². The maximum Gasteiger partial charge on any atom is 0.338 e. The van der Waals surface area contributed by atoms with Crippen LogP contribution in [0.4, 0.5) is 68.2 Å². The second-order valence-corrected chi connectivity index (χ2v) is 27.9. The number of carbonyl (C=O) groups excluding carboxylic acids is 4. The summed E-state index contributed by atoms with van der Waals surface area (Å²) < 4.78 is 43.9. The van der Waals surface area contributed by atoms with Crippen LogP contribution in [-0.2, 0) is 44.9 Å². The number of ether oxygens (including phenoxy) is 7. The van der Waals surface area contributed by atoms with Crippen molar-refractivity contribution in [1.82, 2.24) is 30.0 Å². The number of terminal acetylenes is 1. The Balaban J connectivity index is 0.663.